The molecule has 3 aromatic carbocycles. The van der Waals surface area contributed by atoms with Crippen LogP contribution in [0.2, 0.25) is 5.02 Å². The van der Waals surface area contributed by atoms with Crippen LogP contribution < -0.4 is 5.32 Å². The molecule has 1 aromatic heterocycles. The van der Waals surface area contributed by atoms with Gasteiger partial charge in [-0.1, -0.05) is 48.0 Å². The molecule has 0 aliphatic carbocycles. The minimum absolute atomic E-state index is 0.285. The Kier molecular flexibility index (Phi) is 5.32. The molecular formula is C23H19ClFN3O. The zero-order chi connectivity index (χ0) is 20.4. The number of hydrogen-bond acceptors (Lipinski definition) is 4. The molecule has 4 aromatic rings. The molecule has 1 unspecified atom stereocenters. The van der Waals surface area contributed by atoms with Crippen LogP contribution >= 0.6 is 11.6 Å². The lowest BCUT2D eigenvalue weighted by Crippen LogP contribution is -2.14. The topological polar surface area (TPSA) is 51.0 Å². The van der Waals surface area contributed by atoms with Gasteiger partial charge in [0.15, 0.2) is 0 Å². The van der Waals surface area contributed by atoms with E-state index in [9.17, 15) is 4.39 Å². The van der Waals surface area contributed by atoms with Gasteiger partial charge < -0.3 is 9.73 Å². The first-order chi connectivity index (χ1) is 14.0. The van der Waals surface area contributed by atoms with Crippen LogP contribution in [0.3, 0.4) is 0 Å². The van der Waals surface area contributed by atoms with Crippen LogP contribution in [0.15, 0.2) is 71.1 Å². The second-order valence-corrected chi connectivity index (χ2v) is 7.28. The van der Waals surface area contributed by atoms with E-state index < -0.39 is 11.9 Å². The molecule has 0 amide bonds. The third-order valence-corrected chi connectivity index (χ3v) is 5.00. The zero-order valence-electron chi connectivity index (χ0n) is 16.0. The second kappa shape index (κ2) is 8.05. The number of nitrogens with one attached hydrogen (secondary N) is 1. The summed E-state index contributed by atoms with van der Waals surface area (Å²) in [4.78, 5) is 0. The van der Waals surface area contributed by atoms with Crippen molar-refractivity contribution in [1.29, 1.82) is 0 Å². The van der Waals surface area contributed by atoms with Crippen molar-refractivity contribution in [2.24, 2.45) is 0 Å². The Labute approximate surface area is 173 Å². The molecule has 0 saturated carbocycles. The Bertz CT molecular complexity index is 1140. The Morgan fingerprint density at radius 3 is 2.52 bits per heavy atom. The minimum atomic E-state index is -0.534. The van der Waals surface area contributed by atoms with Gasteiger partial charge in [-0.3, -0.25) is 0 Å². The lowest BCUT2D eigenvalue weighted by atomic mass is 10.0. The molecule has 1 heterocycles. The van der Waals surface area contributed by atoms with Crippen LogP contribution in [-0.2, 0) is 0 Å². The highest BCUT2D eigenvalue weighted by Gasteiger charge is 2.24. The number of aromatic nitrogens is 2. The summed E-state index contributed by atoms with van der Waals surface area (Å²) in [6, 6.07) is 19.4. The van der Waals surface area contributed by atoms with E-state index in [-0.39, 0.29) is 5.02 Å². The molecule has 6 heteroatoms. The molecule has 146 valence electrons. The van der Waals surface area contributed by atoms with Gasteiger partial charge in [0.1, 0.15) is 11.9 Å². The molecular weight excluding hydrogens is 389 g/mol. The highest BCUT2D eigenvalue weighted by atomic mass is 35.5. The summed E-state index contributed by atoms with van der Waals surface area (Å²) >= 11 is 6.37. The number of aryl methyl sites for hydroxylation is 2. The predicted molar refractivity (Wildman–Crippen MR) is 113 cm³/mol. The van der Waals surface area contributed by atoms with Gasteiger partial charge in [0, 0.05) is 21.8 Å². The summed E-state index contributed by atoms with van der Waals surface area (Å²) in [5.41, 5.74) is 4.55. The van der Waals surface area contributed by atoms with Gasteiger partial charge in [0.25, 0.3) is 0 Å². The third kappa shape index (κ3) is 4.15. The van der Waals surface area contributed by atoms with Gasteiger partial charge in [0.2, 0.25) is 11.8 Å². The van der Waals surface area contributed by atoms with Crippen molar-refractivity contribution in [3.8, 4) is 11.5 Å². The molecule has 0 spiro atoms. The normalized spacial score (nSPS) is 12.0. The number of halogens is 2. The maximum Gasteiger partial charge on any atom is 0.247 e. The van der Waals surface area contributed by atoms with Gasteiger partial charge in [0.05, 0.1) is 0 Å². The molecule has 0 saturated heterocycles. The molecule has 4 rings (SSSR count). The number of hydrogen-bond donors (Lipinski definition) is 1. The van der Waals surface area contributed by atoms with Crippen LogP contribution in [0.25, 0.3) is 11.5 Å². The third-order valence-electron chi connectivity index (χ3n) is 4.67. The van der Waals surface area contributed by atoms with Crippen LogP contribution in [0.1, 0.15) is 28.6 Å². The molecule has 1 N–H and O–H groups in total. The van der Waals surface area contributed by atoms with Gasteiger partial charge >= 0.3 is 0 Å². The van der Waals surface area contributed by atoms with Crippen LogP contribution in [0.4, 0.5) is 10.1 Å². The van der Waals surface area contributed by atoms with Crippen LogP contribution in [0.5, 0.6) is 0 Å². The van der Waals surface area contributed by atoms with Crippen molar-refractivity contribution < 1.29 is 8.81 Å². The standard InChI is InChI=1S/C23H19ClFN3O/c1-14-8-9-15(2)20(12-14)26-21(18-11-10-17(25)13-19(18)24)23-28-27-22(29-23)16-6-4-3-5-7-16/h3-13,21,26H,1-2H3. The first-order valence-corrected chi connectivity index (χ1v) is 9.56. The van der Waals surface area contributed by atoms with E-state index in [0.717, 1.165) is 22.4 Å². The summed E-state index contributed by atoms with van der Waals surface area (Å²) in [6.07, 6.45) is 0. The maximum atomic E-state index is 13.6. The van der Waals surface area contributed by atoms with Gasteiger partial charge in [-0.05, 0) is 55.3 Å². The van der Waals surface area contributed by atoms with E-state index in [4.69, 9.17) is 16.0 Å². The van der Waals surface area contributed by atoms with E-state index in [1.807, 2.05) is 62.4 Å². The Hall–Kier alpha value is -3.18. The summed E-state index contributed by atoms with van der Waals surface area (Å²) in [5.74, 6) is 0.351. The highest BCUT2D eigenvalue weighted by molar-refractivity contribution is 6.31. The number of anilines is 1. The lowest BCUT2D eigenvalue weighted by molar-refractivity contribution is 0.493. The Morgan fingerprint density at radius 2 is 1.76 bits per heavy atom. The fourth-order valence-corrected chi connectivity index (χ4v) is 3.38. The number of benzene rings is 3. The molecule has 1 atom stereocenters. The van der Waals surface area contributed by atoms with Crippen molar-refractivity contribution in [3.05, 3.63) is 100 Å². The van der Waals surface area contributed by atoms with Crippen LogP contribution in [-0.4, -0.2) is 10.2 Å². The summed E-state index contributed by atoms with van der Waals surface area (Å²) in [5, 5.41) is 12.2. The SMILES string of the molecule is Cc1ccc(C)c(NC(c2nnc(-c3ccccc3)o2)c2ccc(F)cc2Cl)c1. The molecule has 0 radical (unpaired) electrons. The first-order valence-electron chi connectivity index (χ1n) is 9.19. The summed E-state index contributed by atoms with van der Waals surface area (Å²) in [7, 11) is 0. The molecule has 29 heavy (non-hydrogen) atoms. The quantitative estimate of drug-likeness (QED) is 0.419. The summed E-state index contributed by atoms with van der Waals surface area (Å²) < 4.78 is 19.6. The molecule has 0 aliphatic rings. The van der Waals surface area contributed by atoms with E-state index in [1.165, 1.54) is 12.1 Å². The fourth-order valence-electron chi connectivity index (χ4n) is 3.10. The molecule has 0 aliphatic heterocycles. The Morgan fingerprint density at radius 1 is 0.966 bits per heavy atom. The smallest absolute Gasteiger partial charge is 0.247 e. The zero-order valence-corrected chi connectivity index (χ0v) is 16.7. The van der Waals surface area contributed by atoms with Crippen molar-refractivity contribution >= 4 is 17.3 Å². The van der Waals surface area contributed by atoms with Crippen molar-refractivity contribution in [2.45, 2.75) is 19.9 Å². The van der Waals surface area contributed by atoms with Crippen molar-refractivity contribution in [1.82, 2.24) is 10.2 Å². The van der Waals surface area contributed by atoms with Gasteiger partial charge in [-0.15, -0.1) is 10.2 Å². The highest BCUT2D eigenvalue weighted by Crippen LogP contribution is 2.33. The predicted octanol–water partition coefficient (Wildman–Crippen LogP) is 6.35. The van der Waals surface area contributed by atoms with Crippen molar-refractivity contribution in [2.75, 3.05) is 5.32 Å². The monoisotopic (exact) mass is 407 g/mol. The minimum Gasteiger partial charge on any atom is -0.418 e. The lowest BCUT2D eigenvalue weighted by Gasteiger charge is -2.20. The van der Waals surface area contributed by atoms with Crippen LogP contribution in [0, 0.1) is 19.7 Å². The van der Waals surface area contributed by atoms with Gasteiger partial charge in [-0.2, -0.15) is 0 Å². The van der Waals surface area contributed by atoms with E-state index in [0.29, 0.717) is 17.3 Å². The number of nitrogens with zero attached hydrogens (tertiary/aromatic N) is 2. The molecule has 4 nitrogen and oxygen atoms in total. The second-order valence-electron chi connectivity index (χ2n) is 6.87. The molecule has 0 fully saturated rings. The fraction of sp³-hybridized carbons (Fsp3) is 0.130. The average molecular weight is 408 g/mol. The number of rotatable bonds is 5. The first kappa shape index (κ1) is 19.2. The molecule has 0 bridgehead atoms. The van der Waals surface area contributed by atoms with E-state index in [2.05, 4.69) is 15.5 Å². The van der Waals surface area contributed by atoms with E-state index >= 15 is 0 Å². The van der Waals surface area contributed by atoms with E-state index in [1.54, 1.807) is 6.07 Å². The maximum absolute atomic E-state index is 13.6. The van der Waals surface area contributed by atoms with Crippen molar-refractivity contribution in [3.63, 3.8) is 0 Å². The largest absolute Gasteiger partial charge is 0.418 e. The average Bonchev–Trinajstić information content (AvgIpc) is 3.20. The summed E-state index contributed by atoms with van der Waals surface area (Å²) in [6.45, 7) is 4.03. The van der Waals surface area contributed by atoms with Gasteiger partial charge in [-0.25, -0.2) is 4.39 Å². The Balaban J connectivity index is 1.78.